The van der Waals surface area contributed by atoms with Gasteiger partial charge in [0.15, 0.2) is 5.82 Å². The number of hydrogen-bond acceptors (Lipinski definition) is 7. The summed E-state index contributed by atoms with van der Waals surface area (Å²) in [6.45, 7) is 0.712. The van der Waals surface area contributed by atoms with Crippen LogP contribution in [0, 0.1) is 11.6 Å². The van der Waals surface area contributed by atoms with Crippen LogP contribution in [0.15, 0.2) is 58.3 Å². The maximum absolute atomic E-state index is 16.2. The van der Waals surface area contributed by atoms with Crippen molar-refractivity contribution in [3.05, 3.63) is 97.8 Å². The zero-order valence-electron chi connectivity index (χ0n) is 26.2. The van der Waals surface area contributed by atoms with Crippen LogP contribution in [0.25, 0.3) is 22.4 Å². The van der Waals surface area contributed by atoms with Crippen LogP contribution in [-0.4, -0.2) is 45.6 Å². The first-order chi connectivity index (χ1) is 22.6. The van der Waals surface area contributed by atoms with Crippen LogP contribution in [0.1, 0.15) is 53.2 Å². The maximum atomic E-state index is 16.2. The van der Waals surface area contributed by atoms with Crippen molar-refractivity contribution >= 4 is 17.5 Å². The van der Waals surface area contributed by atoms with E-state index >= 15 is 8.78 Å². The Bertz CT molecular complexity index is 2020. The molecule has 1 saturated heterocycles. The van der Waals surface area contributed by atoms with Crippen molar-refractivity contribution in [2.45, 2.75) is 44.2 Å². The molecule has 1 fully saturated rings. The van der Waals surface area contributed by atoms with E-state index in [2.05, 4.69) is 20.9 Å². The van der Waals surface area contributed by atoms with Gasteiger partial charge in [0.25, 0.3) is 11.5 Å². The van der Waals surface area contributed by atoms with Gasteiger partial charge in [-0.1, -0.05) is 24.3 Å². The van der Waals surface area contributed by atoms with Gasteiger partial charge in [-0.15, -0.1) is 0 Å². The van der Waals surface area contributed by atoms with Gasteiger partial charge in [-0.25, -0.2) is 18.6 Å². The zero-order chi connectivity index (χ0) is 33.4. The molecule has 2 atom stereocenters. The standard InChI is InChI=1S/C34H34F2N6O5/c1-41-17-23(33(45)42(2)34(41)46)31(44)39-25-9-5-7-21(30(25)36)20-6-4-8-22(29(20)35)26-16-18-10-12-24(28(18)32(40-26)47-3)37-15-14-19-11-13-27(43)38-19/h4-9,16-17,19,24,37H,10-15H2,1-3H3,(H,38,43)(H,39,44)/t19-,24+/m0/s1. The van der Waals surface area contributed by atoms with Crippen LogP contribution in [0.5, 0.6) is 5.88 Å². The third-order valence-electron chi connectivity index (χ3n) is 8.82. The number of nitrogens with zero attached hydrogens (tertiary/aromatic N) is 3. The lowest BCUT2D eigenvalue weighted by Crippen LogP contribution is -2.40. The highest BCUT2D eigenvalue weighted by molar-refractivity contribution is 6.04. The van der Waals surface area contributed by atoms with Gasteiger partial charge in [-0.05, 0) is 56.0 Å². The summed E-state index contributed by atoms with van der Waals surface area (Å²) in [4.78, 5) is 53.6. The van der Waals surface area contributed by atoms with E-state index in [1.54, 1.807) is 12.1 Å². The van der Waals surface area contributed by atoms with Gasteiger partial charge in [0.1, 0.15) is 11.4 Å². The molecule has 1 aliphatic heterocycles. The molecule has 0 unspecified atom stereocenters. The summed E-state index contributed by atoms with van der Waals surface area (Å²) >= 11 is 0. The molecule has 2 amide bonds. The quantitative estimate of drug-likeness (QED) is 0.253. The number of aromatic nitrogens is 3. The minimum atomic E-state index is -0.918. The number of ether oxygens (including phenoxy) is 1. The first kappa shape index (κ1) is 31.8. The number of aryl methyl sites for hydroxylation is 2. The number of halogens is 2. The highest BCUT2D eigenvalue weighted by Gasteiger charge is 2.30. The minimum Gasteiger partial charge on any atom is -0.481 e. The molecule has 4 aromatic rings. The first-order valence-electron chi connectivity index (χ1n) is 15.3. The van der Waals surface area contributed by atoms with Crippen molar-refractivity contribution in [1.82, 2.24) is 24.8 Å². The molecule has 244 valence electrons. The average molecular weight is 645 g/mol. The Kier molecular flexibility index (Phi) is 8.74. The molecule has 2 aromatic heterocycles. The lowest BCUT2D eigenvalue weighted by atomic mass is 9.98. The Labute approximate surface area is 268 Å². The van der Waals surface area contributed by atoms with Gasteiger partial charge in [0.2, 0.25) is 11.8 Å². The number of fused-ring (bicyclic) bond motifs is 1. The third-order valence-corrected chi connectivity index (χ3v) is 8.82. The largest absolute Gasteiger partial charge is 0.481 e. The Hall–Kier alpha value is -5.17. The zero-order valence-corrected chi connectivity index (χ0v) is 26.2. The molecule has 0 radical (unpaired) electrons. The van der Waals surface area contributed by atoms with E-state index in [9.17, 15) is 19.2 Å². The number of pyridine rings is 1. The lowest BCUT2D eigenvalue weighted by Gasteiger charge is -2.19. The van der Waals surface area contributed by atoms with E-state index in [1.165, 1.54) is 45.5 Å². The number of benzene rings is 2. The van der Waals surface area contributed by atoms with Gasteiger partial charge in [0, 0.05) is 61.1 Å². The Morgan fingerprint density at radius 3 is 2.47 bits per heavy atom. The number of anilines is 1. The summed E-state index contributed by atoms with van der Waals surface area (Å²) in [5.41, 5.74) is 0.163. The Balaban J connectivity index is 1.26. The summed E-state index contributed by atoms with van der Waals surface area (Å²) in [6.07, 6.45) is 4.84. The van der Waals surface area contributed by atoms with E-state index in [0.29, 0.717) is 24.5 Å². The van der Waals surface area contributed by atoms with Gasteiger partial charge in [-0.2, -0.15) is 0 Å². The molecule has 1 aliphatic carbocycles. The van der Waals surface area contributed by atoms with Gasteiger partial charge < -0.3 is 25.3 Å². The highest BCUT2D eigenvalue weighted by atomic mass is 19.1. The Morgan fingerprint density at radius 1 is 1.02 bits per heavy atom. The molecule has 3 heterocycles. The van der Waals surface area contributed by atoms with Crippen molar-refractivity contribution in [2.75, 3.05) is 19.0 Å². The maximum Gasteiger partial charge on any atom is 0.330 e. The minimum absolute atomic E-state index is 0.00258. The smallest absolute Gasteiger partial charge is 0.330 e. The molecular weight excluding hydrogens is 610 g/mol. The second kappa shape index (κ2) is 12.9. The summed E-state index contributed by atoms with van der Waals surface area (Å²) < 4.78 is 39.6. The van der Waals surface area contributed by atoms with Gasteiger partial charge >= 0.3 is 5.69 Å². The predicted octanol–water partition coefficient (Wildman–Crippen LogP) is 3.60. The van der Waals surface area contributed by atoms with E-state index < -0.39 is 28.8 Å². The number of hydrogen-bond donors (Lipinski definition) is 3. The molecular formula is C34H34F2N6O5. The normalized spacial score (nSPS) is 17.0. The van der Waals surface area contributed by atoms with E-state index in [4.69, 9.17) is 4.74 Å². The number of rotatable bonds is 9. The number of methoxy groups -OCH3 is 1. The molecule has 11 nitrogen and oxygen atoms in total. The average Bonchev–Trinajstić information content (AvgIpc) is 3.68. The summed E-state index contributed by atoms with van der Waals surface area (Å²) in [7, 11) is 4.14. The molecule has 0 saturated carbocycles. The van der Waals surface area contributed by atoms with Crippen LogP contribution >= 0.6 is 0 Å². The second-order valence-corrected chi connectivity index (χ2v) is 11.8. The van der Waals surface area contributed by atoms with Crippen LogP contribution in [0.2, 0.25) is 0 Å². The van der Waals surface area contributed by atoms with Gasteiger partial charge in [0.05, 0.1) is 18.5 Å². The molecule has 0 bridgehead atoms. The van der Waals surface area contributed by atoms with Crippen LogP contribution in [-0.2, 0) is 25.3 Å². The predicted molar refractivity (Wildman–Crippen MR) is 171 cm³/mol. The summed E-state index contributed by atoms with van der Waals surface area (Å²) in [5, 5.41) is 8.91. The summed E-state index contributed by atoms with van der Waals surface area (Å²) in [6, 6.07) is 10.8. The molecule has 13 heteroatoms. The van der Waals surface area contributed by atoms with Crippen molar-refractivity contribution in [3.63, 3.8) is 0 Å². The molecule has 2 aliphatic rings. The number of amides is 2. The SMILES string of the molecule is COc1nc(-c2cccc(-c3cccc(NC(=O)c4cn(C)c(=O)n(C)c4=O)c3F)c2F)cc2c1[C@H](NCC[C@@H]1CCC(=O)N1)CC2. The monoisotopic (exact) mass is 644 g/mol. The fourth-order valence-corrected chi connectivity index (χ4v) is 6.36. The fraction of sp³-hybridized carbons (Fsp3) is 0.324. The van der Waals surface area contributed by atoms with E-state index in [1.807, 2.05) is 6.07 Å². The molecule has 47 heavy (non-hydrogen) atoms. The van der Waals surface area contributed by atoms with E-state index in [-0.39, 0.29) is 45.9 Å². The molecule has 3 N–H and O–H groups in total. The topological polar surface area (TPSA) is 136 Å². The van der Waals surface area contributed by atoms with Crippen LogP contribution in [0.3, 0.4) is 0 Å². The van der Waals surface area contributed by atoms with Crippen molar-refractivity contribution in [1.29, 1.82) is 0 Å². The molecule has 2 aromatic carbocycles. The van der Waals surface area contributed by atoms with Crippen molar-refractivity contribution < 1.29 is 23.1 Å². The number of carbonyl (C=O) groups is 2. The van der Waals surface area contributed by atoms with Crippen LogP contribution in [0.4, 0.5) is 14.5 Å². The molecule has 0 spiro atoms. The van der Waals surface area contributed by atoms with Crippen molar-refractivity contribution in [3.8, 4) is 28.3 Å². The van der Waals surface area contributed by atoms with Crippen LogP contribution < -0.4 is 31.9 Å². The summed E-state index contributed by atoms with van der Waals surface area (Å²) in [5.74, 6) is -2.05. The fourth-order valence-electron chi connectivity index (χ4n) is 6.36. The van der Waals surface area contributed by atoms with E-state index in [0.717, 1.165) is 52.1 Å². The highest BCUT2D eigenvalue weighted by Crippen LogP contribution is 2.41. The first-order valence-corrected chi connectivity index (χ1v) is 15.3. The number of nitrogens with one attached hydrogen (secondary N) is 3. The van der Waals surface area contributed by atoms with Gasteiger partial charge in [-0.3, -0.25) is 19.0 Å². The second-order valence-electron chi connectivity index (χ2n) is 11.8. The number of carbonyl (C=O) groups excluding carboxylic acids is 2. The van der Waals surface area contributed by atoms with Crippen molar-refractivity contribution in [2.24, 2.45) is 14.1 Å². The third kappa shape index (κ3) is 6.06. The molecule has 6 rings (SSSR count). The Morgan fingerprint density at radius 2 is 1.74 bits per heavy atom. The lowest BCUT2D eigenvalue weighted by molar-refractivity contribution is -0.119.